The number of nitrogens with one attached hydrogen (secondary N) is 1. The number of hydrogen-bond acceptors (Lipinski definition) is 3. The lowest BCUT2D eigenvalue weighted by atomic mass is 10.2. The minimum absolute atomic E-state index is 0.231. The quantitative estimate of drug-likeness (QED) is 0.813. The van der Waals surface area contributed by atoms with Crippen LogP contribution in [0.2, 0.25) is 0 Å². The molecule has 0 aliphatic heterocycles. The maximum Gasteiger partial charge on any atom is 0.165 e. The van der Waals surface area contributed by atoms with Crippen LogP contribution in [-0.2, 0) is 6.54 Å². The van der Waals surface area contributed by atoms with E-state index < -0.39 is 0 Å². The molecule has 0 amide bonds. The predicted molar refractivity (Wildman–Crippen MR) is 77.4 cm³/mol. The van der Waals surface area contributed by atoms with Crippen molar-refractivity contribution >= 4 is 0 Å². The van der Waals surface area contributed by atoms with Gasteiger partial charge in [-0.05, 0) is 32.0 Å². The van der Waals surface area contributed by atoms with E-state index in [1.54, 1.807) is 24.4 Å². The fraction of sp³-hybridized carbons (Fsp3) is 0.312. The molecule has 0 saturated heterocycles. The number of nitrogens with zero attached hydrogens (tertiary/aromatic N) is 1. The number of pyridine rings is 1. The van der Waals surface area contributed by atoms with Crippen LogP contribution in [0.5, 0.6) is 11.5 Å². The third kappa shape index (κ3) is 3.78. The van der Waals surface area contributed by atoms with E-state index >= 15 is 0 Å². The Labute approximate surface area is 118 Å². The molecule has 0 atom stereocenters. The topological polar surface area (TPSA) is 34.2 Å². The number of hydrogen-bond donors (Lipinski definition) is 1. The van der Waals surface area contributed by atoms with E-state index in [2.05, 4.69) is 17.2 Å². The SMILES string of the molecule is CCCNCc1cnc(C)cc1Oc1ccccc1F. The largest absolute Gasteiger partial charge is 0.454 e. The first kappa shape index (κ1) is 14.5. The average molecular weight is 274 g/mol. The Hall–Kier alpha value is -1.94. The van der Waals surface area contributed by atoms with Crippen molar-refractivity contribution in [3.63, 3.8) is 0 Å². The molecule has 0 aliphatic rings. The molecular formula is C16H19FN2O. The van der Waals surface area contributed by atoms with Crippen LogP contribution < -0.4 is 10.1 Å². The highest BCUT2D eigenvalue weighted by atomic mass is 19.1. The van der Waals surface area contributed by atoms with Crippen LogP contribution in [0.1, 0.15) is 24.6 Å². The lowest BCUT2D eigenvalue weighted by Gasteiger charge is -2.12. The molecule has 0 aliphatic carbocycles. The molecule has 1 heterocycles. The van der Waals surface area contributed by atoms with Gasteiger partial charge in [0, 0.05) is 30.1 Å². The van der Waals surface area contributed by atoms with Crippen molar-refractivity contribution in [2.75, 3.05) is 6.54 Å². The van der Waals surface area contributed by atoms with E-state index in [0.29, 0.717) is 12.3 Å². The van der Waals surface area contributed by atoms with Crippen LogP contribution in [0.4, 0.5) is 4.39 Å². The van der Waals surface area contributed by atoms with Gasteiger partial charge in [-0.3, -0.25) is 4.98 Å². The van der Waals surface area contributed by atoms with Gasteiger partial charge >= 0.3 is 0 Å². The Kier molecular flexibility index (Phi) is 5.07. The van der Waals surface area contributed by atoms with Gasteiger partial charge in [0.05, 0.1) is 0 Å². The molecule has 1 aromatic carbocycles. The highest BCUT2D eigenvalue weighted by Crippen LogP contribution is 2.27. The molecule has 0 unspecified atom stereocenters. The van der Waals surface area contributed by atoms with Gasteiger partial charge < -0.3 is 10.1 Å². The summed E-state index contributed by atoms with van der Waals surface area (Å²) < 4.78 is 19.4. The lowest BCUT2D eigenvalue weighted by molar-refractivity contribution is 0.434. The second kappa shape index (κ2) is 7.01. The van der Waals surface area contributed by atoms with Crippen LogP contribution in [0, 0.1) is 12.7 Å². The van der Waals surface area contributed by atoms with Crippen LogP contribution in [0.3, 0.4) is 0 Å². The van der Waals surface area contributed by atoms with E-state index in [-0.39, 0.29) is 11.6 Å². The molecule has 1 aromatic heterocycles. The van der Waals surface area contributed by atoms with Gasteiger partial charge in [0.1, 0.15) is 5.75 Å². The van der Waals surface area contributed by atoms with E-state index in [4.69, 9.17) is 4.74 Å². The molecule has 106 valence electrons. The van der Waals surface area contributed by atoms with Crippen LogP contribution in [0.25, 0.3) is 0 Å². The van der Waals surface area contributed by atoms with Crippen molar-refractivity contribution in [1.82, 2.24) is 10.3 Å². The summed E-state index contributed by atoms with van der Waals surface area (Å²) in [6, 6.07) is 8.23. The van der Waals surface area contributed by atoms with E-state index in [9.17, 15) is 4.39 Å². The molecule has 2 rings (SSSR count). The Morgan fingerprint density at radius 2 is 2.05 bits per heavy atom. The second-order valence-electron chi connectivity index (χ2n) is 4.64. The normalized spacial score (nSPS) is 10.6. The number of rotatable bonds is 6. The van der Waals surface area contributed by atoms with Crippen molar-refractivity contribution in [2.45, 2.75) is 26.8 Å². The molecule has 0 radical (unpaired) electrons. The fourth-order valence-electron chi connectivity index (χ4n) is 1.84. The number of para-hydroxylation sites is 1. The number of ether oxygens (including phenoxy) is 1. The fourth-order valence-corrected chi connectivity index (χ4v) is 1.84. The summed E-state index contributed by atoms with van der Waals surface area (Å²) in [5.74, 6) is 0.510. The van der Waals surface area contributed by atoms with Crippen molar-refractivity contribution in [3.8, 4) is 11.5 Å². The Morgan fingerprint density at radius 3 is 2.80 bits per heavy atom. The van der Waals surface area contributed by atoms with Crippen molar-refractivity contribution in [3.05, 3.63) is 53.6 Å². The smallest absolute Gasteiger partial charge is 0.165 e. The Balaban J connectivity index is 2.21. The van der Waals surface area contributed by atoms with Gasteiger partial charge in [0.2, 0.25) is 0 Å². The molecule has 20 heavy (non-hydrogen) atoms. The number of benzene rings is 1. The molecule has 0 saturated carbocycles. The first-order valence-electron chi connectivity index (χ1n) is 6.79. The summed E-state index contributed by atoms with van der Waals surface area (Å²) in [5, 5.41) is 3.30. The van der Waals surface area contributed by atoms with Gasteiger partial charge in [-0.15, -0.1) is 0 Å². The molecule has 0 spiro atoms. The highest BCUT2D eigenvalue weighted by Gasteiger charge is 2.09. The van der Waals surface area contributed by atoms with Gasteiger partial charge in [-0.1, -0.05) is 19.1 Å². The summed E-state index contributed by atoms with van der Waals surface area (Å²) >= 11 is 0. The maximum absolute atomic E-state index is 13.7. The first-order chi connectivity index (χ1) is 9.70. The standard InChI is InChI=1S/C16H19FN2O/c1-3-8-18-10-13-11-19-12(2)9-16(13)20-15-7-5-4-6-14(15)17/h4-7,9,11,18H,3,8,10H2,1-2H3. The van der Waals surface area contributed by atoms with Gasteiger partial charge in [0.25, 0.3) is 0 Å². The number of halogens is 1. The Bertz CT molecular complexity index is 572. The predicted octanol–water partition coefficient (Wildman–Crippen LogP) is 3.82. The van der Waals surface area contributed by atoms with E-state index in [0.717, 1.165) is 24.2 Å². The zero-order chi connectivity index (χ0) is 14.4. The Morgan fingerprint density at radius 1 is 1.25 bits per heavy atom. The number of aryl methyl sites for hydroxylation is 1. The summed E-state index contributed by atoms with van der Waals surface area (Å²) in [6.45, 7) is 5.58. The second-order valence-corrected chi connectivity index (χ2v) is 4.64. The average Bonchev–Trinajstić information content (AvgIpc) is 2.44. The van der Waals surface area contributed by atoms with E-state index in [1.165, 1.54) is 6.07 Å². The third-order valence-corrected chi connectivity index (χ3v) is 2.88. The van der Waals surface area contributed by atoms with Crippen molar-refractivity contribution < 1.29 is 9.13 Å². The molecule has 1 N–H and O–H groups in total. The molecule has 3 nitrogen and oxygen atoms in total. The molecule has 2 aromatic rings. The molecule has 4 heteroatoms. The highest BCUT2D eigenvalue weighted by molar-refractivity contribution is 5.38. The number of aromatic nitrogens is 1. The van der Waals surface area contributed by atoms with Crippen LogP contribution in [0.15, 0.2) is 36.5 Å². The maximum atomic E-state index is 13.7. The zero-order valence-electron chi connectivity index (χ0n) is 11.8. The van der Waals surface area contributed by atoms with E-state index in [1.807, 2.05) is 13.0 Å². The summed E-state index contributed by atoms with van der Waals surface area (Å²) in [4.78, 5) is 4.27. The summed E-state index contributed by atoms with van der Waals surface area (Å²) in [7, 11) is 0. The van der Waals surface area contributed by atoms with Gasteiger partial charge in [-0.2, -0.15) is 0 Å². The van der Waals surface area contributed by atoms with Crippen molar-refractivity contribution in [2.24, 2.45) is 0 Å². The molecular weight excluding hydrogens is 255 g/mol. The minimum atomic E-state index is -0.366. The summed E-state index contributed by atoms with van der Waals surface area (Å²) in [6.07, 6.45) is 2.83. The van der Waals surface area contributed by atoms with Gasteiger partial charge in [0.15, 0.2) is 11.6 Å². The first-order valence-corrected chi connectivity index (χ1v) is 6.79. The van der Waals surface area contributed by atoms with Gasteiger partial charge in [-0.25, -0.2) is 4.39 Å². The zero-order valence-corrected chi connectivity index (χ0v) is 11.8. The minimum Gasteiger partial charge on any atom is -0.454 e. The lowest BCUT2D eigenvalue weighted by Crippen LogP contribution is -2.14. The van der Waals surface area contributed by atoms with Crippen molar-refractivity contribution in [1.29, 1.82) is 0 Å². The monoisotopic (exact) mass is 274 g/mol. The van der Waals surface area contributed by atoms with Crippen LogP contribution in [-0.4, -0.2) is 11.5 Å². The third-order valence-electron chi connectivity index (χ3n) is 2.88. The molecule has 0 bridgehead atoms. The molecule has 0 fully saturated rings. The summed E-state index contributed by atoms with van der Waals surface area (Å²) in [5.41, 5.74) is 1.77. The van der Waals surface area contributed by atoms with Crippen LogP contribution >= 0.6 is 0 Å².